The van der Waals surface area contributed by atoms with Crippen LogP contribution in [0.25, 0.3) is 0 Å². The normalized spacial score (nSPS) is 12.6. The van der Waals surface area contributed by atoms with E-state index in [0.29, 0.717) is 12.5 Å². The van der Waals surface area contributed by atoms with Crippen LogP contribution < -0.4 is 20.9 Å². The van der Waals surface area contributed by atoms with Gasteiger partial charge in [0.05, 0.1) is 18.8 Å². The summed E-state index contributed by atoms with van der Waals surface area (Å²) >= 11 is 0. The van der Waals surface area contributed by atoms with E-state index < -0.39 is 6.10 Å². The van der Waals surface area contributed by atoms with Crippen LogP contribution in [0, 0.1) is 0 Å². The Morgan fingerprint density at radius 3 is 2.57 bits per heavy atom. The molecule has 0 amide bonds. The summed E-state index contributed by atoms with van der Waals surface area (Å²) in [7, 11) is 0. The quantitative estimate of drug-likeness (QED) is 0.299. The van der Waals surface area contributed by atoms with E-state index in [9.17, 15) is 9.90 Å². The molecule has 7 heteroatoms. The first-order valence-electron chi connectivity index (χ1n) is 10.6. The highest BCUT2D eigenvalue weighted by molar-refractivity contribution is 5.79. The average molecular weight is 415 g/mol. The lowest BCUT2D eigenvalue weighted by molar-refractivity contribution is 0.186. The van der Waals surface area contributed by atoms with E-state index in [0.717, 1.165) is 37.2 Å². The number of nitrogens with one attached hydrogen (secondary N) is 2. The minimum atomic E-state index is -0.682. The number of aliphatic hydroxyl groups is 1. The fourth-order valence-electron chi connectivity index (χ4n) is 2.92. The molecule has 0 aliphatic carbocycles. The van der Waals surface area contributed by atoms with Crippen LogP contribution in [0.3, 0.4) is 0 Å². The third-order valence-electron chi connectivity index (χ3n) is 4.42. The summed E-state index contributed by atoms with van der Waals surface area (Å²) in [5.74, 6) is 1.46. The van der Waals surface area contributed by atoms with Crippen molar-refractivity contribution in [2.24, 2.45) is 4.99 Å². The molecule has 0 saturated carbocycles. The van der Waals surface area contributed by atoms with Gasteiger partial charge >= 0.3 is 0 Å². The number of nitrogens with zero attached hydrogens (tertiary/aromatic N) is 2. The van der Waals surface area contributed by atoms with E-state index >= 15 is 0 Å². The molecule has 1 unspecified atom stereocenters. The zero-order valence-corrected chi connectivity index (χ0v) is 18.2. The molecule has 0 fully saturated rings. The molecule has 3 N–H and O–H groups in total. The molecule has 0 spiro atoms. The number of unbranched alkanes of at least 4 members (excludes halogenated alkanes) is 1. The van der Waals surface area contributed by atoms with Crippen molar-refractivity contribution >= 4 is 5.96 Å². The number of hydrogen-bond donors (Lipinski definition) is 3. The summed E-state index contributed by atoms with van der Waals surface area (Å²) in [6.07, 6.45) is 3.05. The van der Waals surface area contributed by atoms with Gasteiger partial charge in [0.15, 0.2) is 5.96 Å². The van der Waals surface area contributed by atoms with Crippen molar-refractivity contribution in [1.29, 1.82) is 0 Å². The lowest BCUT2D eigenvalue weighted by atomic mass is 10.1. The Balaban J connectivity index is 1.78. The van der Waals surface area contributed by atoms with Gasteiger partial charge in [-0.15, -0.1) is 0 Å². The van der Waals surface area contributed by atoms with Crippen LogP contribution in [0.2, 0.25) is 0 Å². The van der Waals surface area contributed by atoms with Crippen LogP contribution in [0.15, 0.2) is 58.4 Å². The predicted molar refractivity (Wildman–Crippen MR) is 121 cm³/mol. The third-order valence-corrected chi connectivity index (χ3v) is 4.42. The molecular weight excluding hydrogens is 380 g/mol. The van der Waals surface area contributed by atoms with Crippen molar-refractivity contribution in [3.63, 3.8) is 0 Å². The van der Waals surface area contributed by atoms with Crippen LogP contribution in [-0.2, 0) is 6.54 Å². The molecule has 164 valence electrons. The second-order valence-corrected chi connectivity index (χ2v) is 7.34. The van der Waals surface area contributed by atoms with E-state index in [2.05, 4.69) is 15.6 Å². The minimum Gasteiger partial charge on any atom is -0.491 e. The number of aliphatic imine (C=N–C) groups is 1. The average Bonchev–Trinajstić information content (AvgIpc) is 2.72. The van der Waals surface area contributed by atoms with Gasteiger partial charge in [-0.1, -0.05) is 18.2 Å². The Labute approximate surface area is 178 Å². The minimum absolute atomic E-state index is 0.0261. The Morgan fingerprint density at radius 1 is 1.13 bits per heavy atom. The van der Waals surface area contributed by atoms with Crippen LogP contribution in [0.1, 0.15) is 45.3 Å². The summed E-state index contributed by atoms with van der Waals surface area (Å²) in [4.78, 5) is 16.2. The van der Waals surface area contributed by atoms with Gasteiger partial charge in [0.25, 0.3) is 0 Å². The largest absolute Gasteiger partial charge is 0.491 e. The molecule has 0 saturated heterocycles. The van der Waals surface area contributed by atoms with Crippen LogP contribution >= 0.6 is 0 Å². The molecule has 1 aromatic carbocycles. The number of pyridine rings is 1. The summed E-state index contributed by atoms with van der Waals surface area (Å²) in [6, 6.07) is 12.7. The van der Waals surface area contributed by atoms with Crippen LogP contribution in [0.5, 0.6) is 5.75 Å². The summed E-state index contributed by atoms with van der Waals surface area (Å²) < 4.78 is 7.35. The number of hydrogen-bond acceptors (Lipinski definition) is 4. The monoisotopic (exact) mass is 414 g/mol. The zero-order chi connectivity index (χ0) is 21.8. The Bertz CT molecular complexity index is 831. The molecule has 0 bridgehead atoms. The molecule has 1 heterocycles. The molecule has 1 atom stereocenters. The van der Waals surface area contributed by atoms with Crippen LogP contribution in [0.4, 0.5) is 0 Å². The maximum absolute atomic E-state index is 11.7. The lowest BCUT2D eigenvalue weighted by Crippen LogP contribution is -2.38. The molecule has 0 aliphatic rings. The number of aryl methyl sites for hydroxylation is 1. The van der Waals surface area contributed by atoms with E-state index in [1.807, 2.05) is 57.3 Å². The van der Waals surface area contributed by atoms with Crippen molar-refractivity contribution in [2.75, 3.05) is 19.6 Å². The zero-order valence-electron chi connectivity index (χ0n) is 18.2. The highest BCUT2D eigenvalue weighted by Crippen LogP contribution is 2.19. The Morgan fingerprint density at radius 2 is 1.90 bits per heavy atom. The number of rotatable bonds is 11. The van der Waals surface area contributed by atoms with Gasteiger partial charge in [0.2, 0.25) is 5.56 Å². The highest BCUT2D eigenvalue weighted by atomic mass is 16.5. The second kappa shape index (κ2) is 12.7. The number of aliphatic hydroxyl groups excluding tert-OH is 1. The first-order valence-corrected chi connectivity index (χ1v) is 10.6. The molecule has 30 heavy (non-hydrogen) atoms. The van der Waals surface area contributed by atoms with Gasteiger partial charge in [-0.3, -0.25) is 9.79 Å². The molecule has 2 rings (SSSR count). The van der Waals surface area contributed by atoms with Crippen molar-refractivity contribution in [3.8, 4) is 5.75 Å². The molecular formula is C23H34N4O3. The first-order chi connectivity index (χ1) is 14.5. The fraction of sp³-hybridized carbons (Fsp3) is 0.478. The molecule has 0 aliphatic heterocycles. The fourth-order valence-corrected chi connectivity index (χ4v) is 2.92. The van der Waals surface area contributed by atoms with Crippen molar-refractivity contribution in [1.82, 2.24) is 15.2 Å². The van der Waals surface area contributed by atoms with Gasteiger partial charge in [0, 0.05) is 31.9 Å². The van der Waals surface area contributed by atoms with Gasteiger partial charge in [-0.05, 0) is 57.4 Å². The maximum atomic E-state index is 11.7. The Hall–Kier alpha value is -2.80. The summed E-state index contributed by atoms with van der Waals surface area (Å²) in [5, 5.41) is 16.9. The van der Waals surface area contributed by atoms with Gasteiger partial charge in [0.1, 0.15) is 5.75 Å². The molecule has 7 nitrogen and oxygen atoms in total. The van der Waals surface area contributed by atoms with Gasteiger partial charge in [-0.2, -0.15) is 0 Å². The standard InChI is InChI=1S/C23H34N4O3/c1-4-24-23(25-14-6-8-16-27-15-7-5-9-22(27)29)26-17-21(28)19-10-12-20(13-11-19)30-18(2)3/h5,7,9-13,15,18,21,28H,4,6,8,14,16-17H2,1-3H3,(H2,24,25,26). The van der Waals surface area contributed by atoms with Crippen LogP contribution in [-0.4, -0.2) is 41.4 Å². The predicted octanol–water partition coefficient (Wildman–Crippen LogP) is 2.70. The lowest BCUT2D eigenvalue weighted by Gasteiger charge is -2.14. The third kappa shape index (κ3) is 8.29. The second-order valence-electron chi connectivity index (χ2n) is 7.34. The van der Waals surface area contributed by atoms with Crippen molar-refractivity contribution in [3.05, 3.63) is 64.6 Å². The number of aromatic nitrogens is 1. The van der Waals surface area contributed by atoms with Gasteiger partial charge < -0.3 is 25.0 Å². The van der Waals surface area contributed by atoms with Crippen molar-refractivity contribution < 1.29 is 9.84 Å². The van der Waals surface area contributed by atoms with Gasteiger partial charge in [-0.25, -0.2) is 0 Å². The molecule has 2 aromatic rings. The molecule has 1 aromatic heterocycles. The summed E-state index contributed by atoms with van der Waals surface area (Å²) in [6.45, 7) is 8.41. The number of benzene rings is 1. The first kappa shape index (κ1) is 23.5. The smallest absolute Gasteiger partial charge is 0.250 e. The molecule has 0 radical (unpaired) electrons. The highest BCUT2D eigenvalue weighted by Gasteiger charge is 2.08. The van der Waals surface area contributed by atoms with E-state index in [4.69, 9.17) is 4.74 Å². The Kier molecular flexibility index (Phi) is 9.94. The number of guanidine groups is 1. The summed E-state index contributed by atoms with van der Waals surface area (Å²) in [5.41, 5.74) is 0.831. The topological polar surface area (TPSA) is 87.9 Å². The van der Waals surface area contributed by atoms with E-state index in [-0.39, 0.29) is 18.2 Å². The van der Waals surface area contributed by atoms with Crippen molar-refractivity contribution in [2.45, 2.75) is 52.4 Å². The number of ether oxygens (including phenoxy) is 1. The maximum Gasteiger partial charge on any atom is 0.250 e. The van der Waals surface area contributed by atoms with E-state index in [1.165, 1.54) is 0 Å². The van der Waals surface area contributed by atoms with E-state index in [1.54, 1.807) is 16.7 Å². The SMILES string of the molecule is CCNC(=NCC(O)c1ccc(OC(C)C)cc1)NCCCCn1ccccc1=O.